The molecule has 1 aliphatic carbocycles. The maximum Gasteiger partial charge on any atom is 0.158 e. The first-order valence-corrected chi connectivity index (χ1v) is 10.1. The van der Waals surface area contributed by atoms with Gasteiger partial charge in [-0.3, -0.25) is 0 Å². The Morgan fingerprint density at radius 3 is 2.56 bits per heavy atom. The number of benzene rings is 1. The second-order valence-electron chi connectivity index (χ2n) is 8.04. The van der Waals surface area contributed by atoms with Gasteiger partial charge in [-0.1, -0.05) is 6.92 Å². The second kappa shape index (κ2) is 6.63. The molecule has 1 aliphatic heterocycles. The molecule has 1 fully saturated rings. The summed E-state index contributed by atoms with van der Waals surface area (Å²) < 4.78 is 15.3. The molecule has 0 N–H and O–H groups in total. The zero-order chi connectivity index (χ0) is 18.4. The lowest BCUT2D eigenvalue weighted by Crippen LogP contribution is -2.35. The Morgan fingerprint density at radius 2 is 1.78 bits per heavy atom. The van der Waals surface area contributed by atoms with Gasteiger partial charge in [-0.25, -0.2) is 9.37 Å². The summed E-state index contributed by atoms with van der Waals surface area (Å²) in [6, 6.07) is 8.60. The van der Waals surface area contributed by atoms with Crippen LogP contribution in [0.5, 0.6) is 0 Å². The lowest BCUT2D eigenvalue weighted by atomic mass is 9.94. The van der Waals surface area contributed by atoms with Gasteiger partial charge in [-0.15, -0.1) is 0 Å². The number of hydrogen-bond acceptors (Lipinski definition) is 3. The Bertz CT molecular complexity index is 968. The fourth-order valence-corrected chi connectivity index (χ4v) is 4.43. The number of nitrogens with zero attached hydrogens (tertiary/aromatic N) is 4. The van der Waals surface area contributed by atoms with Gasteiger partial charge in [0.15, 0.2) is 5.65 Å². The average Bonchev–Trinajstić information content (AvgIpc) is 3.11. The van der Waals surface area contributed by atoms with Crippen LogP contribution < -0.4 is 4.90 Å². The van der Waals surface area contributed by atoms with Crippen LogP contribution in [0.4, 0.5) is 10.2 Å². The van der Waals surface area contributed by atoms with E-state index in [9.17, 15) is 4.39 Å². The molecule has 2 aliphatic rings. The molecule has 5 heteroatoms. The summed E-state index contributed by atoms with van der Waals surface area (Å²) >= 11 is 0. The Balaban J connectivity index is 1.66. The number of anilines is 1. The van der Waals surface area contributed by atoms with Gasteiger partial charge < -0.3 is 4.90 Å². The SMILES string of the molecule is CC1CCN(c2c3c(nc4cc(-c5ccc(F)cc5)nn24)CCCC3)CC1. The van der Waals surface area contributed by atoms with E-state index in [0.717, 1.165) is 48.8 Å². The van der Waals surface area contributed by atoms with Crippen molar-refractivity contribution in [1.82, 2.24) is 14.6 Å². The van der Waals surface area contributed by atoms with Crippen LogP contribution in [0.25, 0.3) is 16.9 Å². The van der Waals surface area contributed by atoms with Crippen molar-refractivity contribution in [2.24, 2.45) is 5.92 Å². The zero-order valence-corrected chi connectivity index (χ0v) is 15.8. The van der Waals surface area contributed by atoms with Crippen LogP contribution in [0.1, 0.15) is 43.9 Å². The fourth-order valence-electron chi connectivity index (χ4n) is 4.43. The van der Waals surface area contributed by atoms with E-state index in [4.69, 9.17) is 10.1 Å². The van der Waals surface area contributed by atoms with Crippen molar-refractivity contribution in [2.75, 3.05) is 18.0 Å². The topological polar surface area (TPSA) is 33.4 Å². The Kier molecular flexibility index (Phi) is 4.10. The Morgan fingerprint density at radius 1 is 1.04 bits per heavy atom. The van der Waals surface area contributed by atoms with E-state index in [2.05, 4.69) is 11.8 Å². The quantitative estimate of drug-likeness (QED) is 0.664. The highest BCUT2D eigenvalue weighted by Gasteiger charge is 2.26. The molecular weight excluding hydrogens is 339 g/mol. The first-order chi connectivity index (χ1) is 13.2. The van der Waals surface area contributed by atoms with Crippen molar-refractivity contribution >= 4 is 11.5 Å². The molecule has 0 saturated carbocycles. The van der Waals surface area contributed by atoms with E-state index in [-0.39, 0.29) is 5.82 Å². The van der Waals surface area contributed by atoms with Crippen molar-refractivity contribution in [3.05, 3.63) is 47.4 Å². The number of piperidine rings is 1. The second-order valence-corrected chi connectivity index (χ2v) is 8.04. The summed E-state index contributed by atoms with van der Waals surface area (Å²) in [5, 5.41) is 4.90. The monoisotopic (exact) mass is 364 g/mol. The molecule has 0 radical (unpaired) electrons. The van der Waals surface area contributed by atoms with Gasteiger partial charge in [0.25, 0.3) is 0 Å². The van der Waals surface area contributed by atoms with Crippen molar-refractivity contribution in [2.45, 2.75) is 45.4 Å². The molecule has 0 amide bonds. The Labute approximate surface area is 159 Å². The molecule has 4 nitrogen and oxygen atoms in total. The molecule has 5 rings (SSSR count). The van der Waals surface area contributed by atoms with Crippen LogP contribution in [-0.4, -0.2) is 27.7 Å². The van der Waals surface area contributed by atoms with Crippen LogP contribution in [0.15, 0.2) is 30.3 Å². The number of aromatic nitrogens is 3. The van der Waals surface area contributed by atoms with Crippen LogP contribution in [-0.2, 0) is 12.8 Å². The third-order valence-corrected chi connectivity index (χ3v) is 6.07. The van der Waals surface area contributed by atoms with E-state index >= 15 is 0 Å². The average molecular weight is 364 g/mol. The molecule has 0 bridgehead atoms. The van der Waals surface area contributed by atoms with Crippen molar-refractivity contribution in [3.63, 3.8) is 0 Å². The Hall–Kier alpha value is -2.43. The van der Waals surface area contributed by atoms with E-state index in [1.807, 2.05) is 10.6 Å². The van der Waals surface area contributed by atoms with Gasteiger partial charge >= 0.3 is 0 Å². The largest absolute Gasteiger partial charge is 0.356 e. The molecule has 3 heterocycles. The predicted octanol–water partition coefficient (Wildman–Crippen LogP) is 4.65. The summed E-state index contributed by atoms with van der Waals surface area (Å²) in [7, 11) is 0. The number of hydrogen-bond donors (Lipinski definition) is 0. The first-order valence-electron chi connectivity index (χ1n) is 10.1. The molecule has 0 spiro atoms. The molecule has 27 heavy (non-hydrogen) atoms. The summed E-state index contributed by atoms with van der Waals surface area (Å²) in [5.41, 5.74) is 5.32. The standard InChI is InChI=1S/C22H25FN4/c1-15-10-12-26(13-11-15)22-18-4-2-3-5-19(18)24-21-14-20(25-27(21)22)16-6-8-17(23)9-7-16/h6-9,14-15H,2-5,10-13H2,1H3. The fraction of sp³-hybridized carbons (Fsp3) is 0.455. The minimum atomic E-state index is -0.223. The number of rotatable bonds is 2. The van der Waals surface area contributed by atoms with E-state index in [1.165, 1.54) is 54.9 Å². The lowest BCUT2D eigenvalue weighted by molar-refractivity contribution is 0.433. The van der Waals surface area contributed by atoms with E-state index in [1.54, 1.807) is 12.1 Å². The molecular formula is C22H25FN4. The van der Waals surface area contributed by atoms with Crippen LogP contribution in [0, 0.1) is 11.7 Å². The minimum Gasteiger partial charge on any atom is -0.356 e. The normalized spacial score (nSPS) is 18.1. The molecule has 0 unspecified atom stereocenters. The summed E-state index contributed by atoms with van der Waals surface area (Å²) in [6.07, 6.45) is 7.04. The third kappa shape index (κ3) is 2.99. The van der Waals surface area contributed by atoms with Crippen LogP contribution in [0.2, 0.25) is 0 Å². The maximum atomic E-state index is 13.3. The number of halogens is 1. The summed E-state index contributed by atoms with van der Waals surface area (Å²) in [6.45, 7) is 4.51. The maximum absolute atomic E-state index is 13.3. The van der Waals surface area contributed by atoms with Crippen LogP contribution >= 0.6 is 0 Å². The zero-order valence-electron chi connectivity index (χ0n) is 15.8. The molecule has 140 valence electrons. The number of aryl methyl sites for hydroxylation is 1. The van der Waals surface area contributed by atoms with Gasteiger partial charge in [-0.05, 0) is 68.7 Å². The molecule has 1 saturated heterocycles. The lowest BCUT2D eigenvalue weighted by Gasteiger charge is -2.34. The van der Waals surface area contributed by atoms with Gasteiger partial charge in [0.2, 0.25) is 0 Å². The van der Waals surface area contributed by atoms with Crippen molar-refractivity contribution in [3.8, 4) is 11.3 Å². The smallest absolute Gasteiger partial charge is 0.158 e. The molecule has 0 atom stereocenters. The van der Waals surface area contributed by atoms with Crippen LogP contribution in [0.3, 0.4) is 0 Å². The van der Waals surface area contributed by atoms with Crippen molar-refractivity contribution < 1.29 is 4.39 Å². The van der Waals surface area contributed by atoms with Gasteiger partial charge in [-0.2, -0.15) is 9.61 Å². The van der Waals surface area contributed by atoms with E-state index in [0.29, 0.717) is 0 Å². The number of fused-ring (bicyclic) bond motifs is 2. The highest BCUT2D eigenvalue weighted by atomic mass is 19.1. The first kappa shape index (κ1) is 16.7. The summed E-state index contributed by atoms with van der Waals surface area (Å²) in [5.74, 6) is 1.82. The van der Waals surface area contributed by atoms with E-state index < -0.39 is 0 Å². The summed E-state index contributed by atoms with van der Waals surface area (Å²) in [4.78, 5) is 7.46. The molecule has 1 aromatic carbocycles. The molecule has 3 aromatic rings. The van der Waals surface area contributed by atoms with Gasteiger partial charge in [0.05, 0.1) is 5.69 Å². The highest BCUT2D eigenvalue weighted by Crippen LogP contribution is 2.34. The van der Waals surface area contributed by atoms with Gasteiger partial charge in [0, 0.05) is 36.0 Å². The minimum absolute atomic E-state index is 0.223. The molecule has 2 aromatic heterocycles. The highest BCUT2D eigenvalue weighted by molar-refractivity contribution is 5.67. The third-order valence-electron chi connectivity index (χ3n) is 6.07. The van der Waals surface area contributed by atoms with Crippen molar-refractivity contribution in [1.29, 1.82) is 0 Å². The van der Waals surface area contributed by atoms with Gasteiger partial charge in [0.1, 0.15) is 11.6 Å². The predicted molar refractivity (Wildman–Crippen MR) is 106 cm³/mol.